The second-order valence-electron chi connectivity index (χ2n) is 5.25. The maximum Gasteiger partial charge on any atom is 0.0666 e. The molecule has 1 aromatic heterocycles. The summed E-state index contributed by atoms with van der Waals surface area (Å²) >= 11 is 0. The quantitative estimate of drug-likeness (QED) is 0.831. The Morgan fingerprint density at radius 2 is 2.33 bits per heavy atom. The van der Waals surface area contributed by atoms with Gasteiger partial charge in [-0.3, -0.25) is 9.58 Å². The van der Waals surface area contributed by atoms with Crippen LogP contribution in [0.5, 0.6) is 0 Å². The van der Waals surface area contributed by atoms with Gasteiger partial charge in [0.05, 0.1) is 5.69 Å². The average molecular weight is 250 g/mol. The molecule has 0 saturated carbocycles. The van der Waals surface area contributed by atoms with Crippen LogP contribution >= 0.6 is 0 Å². The highest BCUT2D eigenvalue weighted by Crippen LogP contribution is 2.16. The monoisotopic (exact) mass is 250 g/mol. The molecular formula is C14H26N4. The molecule has 1 N–H and O–H groups in total. The van der Waals surface area contributed by atoms with Gasteiger partial charge in [-0.1, -0.05) is 13.8 Å². The zero-order valence-electron chi connectivity index (χ0n) is 11.9. The van der Waals surface area contributed by atoms with Gasteiger partial charge in [-0.2, -0.15) is 5.10 Å². The number of hydrogen-bond donors (Lipinski definition) is 1. The van der Waals surface area contributed by atoms with Crippen LogP contribution in [0.15, 0.2) is 6.20 Å². The standard InChI is InChI=1S/C14H26N4/c1-4-8-18(13-6-7-15-9-13)11-12-10-17(3)16-14(12)5-2/h10,13,15H,4-9,11H2,1-3H3. The smallest absolute Gasteiger partial charge is 0.0666 e. The van der Waals surface area contributed by atoms with E-state index in [0.29, 0.717) is 6.04 Å². The Morgan fingerprint density at radius 3 is 2.94 bits per heavy atom. The zero-order valence-corrected chi connectivity index (χ0v) is 11.9. The highest BCUT2D eigenvalue weighted by atomic mass is 15.3. The van der Waals surface area contributed by atoms with Crippen LogP contribution in [0.1, 0.15) is 37.9 Å². The molecule has 0 amide bonds. The van der Waals surface area contributed by atoms with Crippen molar-refractivity contribution < 1.29 is 0 Å². The van der Waals surface area contributed by atoms with Crippen molar-refractivity contribution in [3.05, 3.63) is 17.5 Å². The Bertz CT molecular complexity index is 366. The second kappa shape index (κ2) is 6.34. The van der Waals surface area contributed by atoms with Gasteiger partial charge < -0.3 is 5.32 Å². The van der Waals surface area contributed by atoms with Crippen LogP contribution < -0.4 is 5.32 Å². The molecule has 18 heavy (non-hydrogen) atoms. The second-order valence-corrected chi connectivity index (χ2v) is 5.25. The first-order chi connectivity index (χ1) is 8.74. The number of rotatable bonds is 6. The molecule has 1 aliphatic heterocycles. The summed E-state index contributed by atoms with van der Waals surface area (Å²) in [5, 5.41) is 8.01. The molecule has 0 spiro atoms. The molecule has 4 heteroatoms. The Hall–Kier alpha value is -0.870. The topological polar surface area (TPSA) is 33.1 Å². The van der Waals surface area contributed by atoms with Gasteiger partial charge in [0.2, 0.25) is 0 Å². The third-order valence-corrected chi connectivity index (χ3v) is 3.76. The number of aromatic nitrogens is 2. The Balaban J connectivity index is 2.06. The predicted octanol–water partition coefficient (Wildman–Crippen LogP) is 1.56. The van der Waals surface area contributed by atoms with Crippen molar-refractivity contribution in [3.63, 3.8) is 0 Å². The van der Waals surface area contributed by atoms with Crippen molar-refractivity contribution in [3.8, 4) is 0 Å². The zero-order chi connectivity index (χ0) is 13.0. The molecular weight excluding hydrogens is 224 g/mol. The molecule has 2 rings (SSSR count). The third-order valence-electron chi connectivity index (χ3n) is 3.76. The predicted molar refractivity (Wildman–Crippen MR) is 74.6 cm³/mol. The van der Waals surface area contributed by atoms with E-state index in [-0.39, 0.29) is 0 Å². The molecule has 1 aliphatic rings. The van der Waals surface area contributed by atoms with Crippen molar-refractivity contribution in [2.45, 2.75) is 45.7 Å². The van der Waals surface area contributed by atoms with E-state index in [9.17, 15) is 0 Å². The summed E-state index contributed by atoms with van der Waals surface area (Å²) in [6.07, 6.45) is 5.71. The van der Waals surface area contributed by atoms with Crippen LogP contribution in [0, 0.1) is 0 Å². The highest BCUT2D eigenvalue weighted by Gasteiger charge is 2.22. The van der Waals surface area contributed by atoms with Gasteiger partial charge in [0.1, 0.15) is 0 Å². The summed E-state index contributed by atoms with van der Waals surface area (Å²) in [6, 6.07) is 0.704. The Morgan fingerprint density at radius 1 is 1.50 bits per heavy atom. The van der Waals surface area contributed by atoms with Gasteiger partial charge in [-0.15, -0.1) is 0 Å². The van der Waals surface area contributed by atoms with Crippen LogP contribution in [-0.2, 0) is 20.0 Å². The van der Waals surface area contributed by atoms with E-state index < -0.39 is 0 Å². The third kappa shape index (κ3) is 3.12. The minimum absolute atomic E-state index is 0.704. The summed E-state index contributed by atoms with van der Waals surface area (Å²) in [4.78, 5) is 2.62. The van der Waals surface area contributed by atoms with E-state index in [2.05, 4.69) is 35.4 Å². The lowest BCUT2D eigenvalue weighted by molar-refractivity contribution is 0.199. The lowest BCUT2D eigenvalue weighted by Gasteiger charge is -2.27. The number of nitrogens with one attached hydrogen (secondary N) is 1. The molecule has 2 heterocycles. The molecule has 1 unspecified atom stereocenters. The molecule has 4 nitrogen and oxygen atoms in total. The van der Waals surface area contributed by atoms with Crippen molar-refractivity contribution in [1.82, 2.24) is 20.0 Å². The van der Waals surface area contributed by atoms with E-state index in [1.165, 1.54) is 37.2 Å². The number of nitrogens with zero attached hydrogens (tertiary/aromatic N) is 3. The number of hydrogen-bond acceptors (Lipinski definition) is 3. The highest BCUT2D eigenvalue weighted by molar-refractivity contribution is 5.17. The first-order valence-electron chi connectivity index (χ1n) is 7.20. The van der Waals surface area contributed by atoms with E-state index in [0.717, 1.165) is 19.5 Å². The van der Waals surface area contributed by atoms with Crippen LogP contribution in [-0.4, -0.2) is 40.4 Å². The van der Waals surface area contributed by atoms with Gasteiger partial charge in [0, 0.05) is 37.9 Å². The van der Waals surface area contributed by atoms with Gasteiger partial charge >= 0.3 is 0 Å². The van der Waals surface area contributed by atoms with Crippen molar-refractivity contribution in [1.29, 1.82) is 0 Å². The maximum absolute atomic E-state index is 4.54. The molecule has 0 aromatic carbocycles. The largest absolute Gasteiger partial charge is 0.315 e. The molecule has 0 bridgehead atoms. The van der Waals surface area contributed by atoms with Crippen LogP contribution in [0.2, 0.25) is 0 Å². The van der Waals surface area contributed by atoms with E-state index in [1.807, 2.05) is 11.7 Å². The van der Waals surface area contributed by atoms with Crippen LogP contribution in [0.25, 0.3) is 0 Å². The van der Waals surface area contributed by atoms with E-state index in [1.54, 1.807) is 0 Å². The number of aryl methyl sites for hydroxylation is 2. The van der Waals surface area contributed by atoms with E-state index >= 15 is 0 Å². The average Bonchev–Trinajstić information content (AvgIpc) is 2.97. The van der Waals surface area contributed by atoms with E-state index in [4.69, 9.17) is 0 Å². The molecule has 0 radical (unpaired) electrons. The minimum Gasteiger partial charge on any atom is -0.315 e. The first-order valence-corrected chi connectivity index (χ1v) is 7.20. The SMILES string of the molecule is CCCN(Cc1cn(C)nc1CC)C1CCNC1. The summed E-state index contributed by atoms with van der Waals surface area (Å²) in [6.45, 7) is 8.99. The fourth-order valence-corrected chi connectivity index (χ4v) is 2.86. The van der Waals surface area contributed by atoms with Crippen molar-refractivity contribution >= 4 is 0 Å². The maximum atomic E-state index is 4.54. The Kier molecular flexibility index (Phi) is 4.78. The van der Waals surface area contributed by atoms with Crippen molar-refractivity contribution in [2.24, 2.45) is 7.05 Å². The van der Waals surface area contributed by atoms with Gasteiger partial charge in [-0.25, -0.2) is 0 Å². The summed E-state index contributed by atoms with van der Waals surface area (Å²) in [7, 11) is 2.02. The van der Waals surface area contributed by atoms with Gasteiger partial charge in [0.15, 0.2) is 0 Å². The lowest BCUT2D eigenvalue weighted by Crippen LogP contribution is -2.37. The molecule has 102 valence electrons. The van der Waals surface area contributed by atoms with Crippen LogP contribution in [0.3, 0.4) is 0 Å². The minimum atomic E-state index is 0.704. The molecule has 1 fully saturated rings. The summed E-state index contributed by atoms with van der Waals surface area (Å²) in [5.74, 6) is 0. The van der Waals surface area contributed by atoms with Gasteiger partial charge in [0.25, 0.3) is 0 Å². The fourth-order valence-electron chi connectivity index (χ4n) is 2.86. The first kappa shape index (κ1) is 13.6. The summed E-state index contributed by atoms with van der Waals surface area (Å²) in [5.41, 5.74) is 2.66. The lowest BCUT2D eigenvalue weighted by atomic mass is 10.1. The Labute approximate surface area is 110 Å². The molecule has 1 saturated heterocycles. The fraction of sp³-hybridized carbons (Fsp3) is 0.786. The normalized spacial score (nSPS) is 19.9. The summed E-state index contributed by atoms with van der Waals surface area (Å²) < 4.78 is 1.95. The molecule has 1 aromatic rings. The van der Waals surface area contributed by atoms with Gasteiger partial charge in [-0.05, 0) is 32.4 Å². The molecule has 1 atom stereocenters. The molecule has 0 aliphatic carbocycles. The van der Waals surface area contributed by atoms with Crippen LogP contribution in [0.4, 0.5) is 0 Å². The van der Waals surface area contributed by atoms with Crippen molar-refractivity contribution in [2.75, 3.05) is 19.6 Å².